The zero-order chi connectivity index (χ0) is 12.5. The normalized spacial score (nSPS) is 16.1. The van der Waals surface area contributed by atoms with Crippen LogP contribution in [0.5, 0.6) is 5.75 Å². The van der Waals surface area contributed by atoms with E-state index in [1.54, 1.807) is 6.07 Å². The van der Waals surface area contributed by atoms with Crippen LogP contribution in [0.4, 0.5) is 0 Å². The molecule has 1 heterocycles. The molecule has 0 unspecified atom stereocenters. The van der Waals surface area contributed by atoms with E-state index >= 15 is 0 Å². The molecule has 2 aromatic rings. The third-order valence-corrected chi connectivity index (χ3v) is 4.00. The number of aromatic hydroxyl groups is 1. The average Bonchev–Trinajstić information content (AvgIpc) is 2.66. The van der Waals surface area contributed by atoms with E-state index in [1.165, 1.54) is 25.0 Å². The van der Waals surface area contributed by atoms with Crippen LogP contribution in [0.25, 0.3) is 10.9 Å². The second kappa shape index (κ2) is 4.65. The maximum Gasteiger partial charge on any atom is 0.124 e. The second-order valence-electron chi connectivity index (χ2n) is 5.10. The summed E-state index contributed by atoms with van der Waals surface area (Å²) in [6.45, 7) is 3.98. The van der Waals surface area contributed by atoms with Crippen LogP contribution in [-0.4, -0.2) is 15.7 Å². The first kappa shape index (κ1) is 11.6. The highest BCUT2D eigenvalue weighted by atomic mass is 16.3. The Labute approximate surface area is 107 Å². The number of nitrogens with zero attached hydrogens (tertiary/aromatic N) is 1. The van der Waals surface area contributed by atoms with Gasteiger partial charge < -0.3 is 15.0 Å². The number of aryl methyl sites for hydroxylation is 1. The first-order valence-electron chi connectivity index (χ1n) is 6.83. The molecule has 1 saturated carbocycles. The Morgan fingerprint density at radius 1 is 1.39 bits per heavy atom. The van der Waals surface area contributed by atoms with Crippen LogP contribution in [-0.2, 0) is 13.1 Å². The minimum atomic E-state index is 0.379. The van der Waals surface area contributed by atoms with Crippen molar-refractivity contribution in [2.45, 2.75) is 45.3 Å². The van der Waals surface area contributed by atoms with Gasteiger partial charge in [-0.25, -0.2) is 0 Å². The summed E-state index contributed by atoms with van der Waals surface area (Å²) in [5, 5.41) is 14.5. The topological polar surface area (TPSA) is 37.2 Å². The monoisotopic (exact) mass is 244 g/mol. The number of phenolic OH excluding ortho intramolecular Hbond substituents is 1. The van der Waals surface area contributed by atoms with Crippen molar-refractivity contribution in [3.05, 3.63) is 30.0 Å². The fourth-order valence-corrected chi connectivity index (χ4v) is 2.70. The highest BCUT2D eigenvalue weighted by Gasteiger charge is 2.17. The van der Waals surface area contributed by atoms with Crippen molar-refractivity contribution < 1.29 is 5.11 Å². The number of aromatic nitrogens is 1. The van der Waals surface area contributed by atoms with Gasteiger partial charge in [-0.2, -0.15) is 0 Å². The van der Waals surface area contributed by atoms with Gasteiger partial charge in [-0.3, -0.25) is 0 Å². The number of benzene rings is 1. The zero-order valence-electron chi connectivity index (χ0n) is 10.8. The fourth-order valence-electron chi connectivity index (χ4n) is 2.70. The molecule has 0 spiro atoms. The molecule has 3 rings (SSSR count). The Bertz CT molecular complexity index is 555. The van der Waals surface area contributed by atoms with Gasteiger partial charge in [0.25, 0.3) is 0 Å². The predicted molar refractivity (Wildman–Crippen MR) is 73.8 cm³/mol. The van der Waals surface area contributed by atoms with Gasteiger partial charge in [0.15, 0.2) is 0 Å². The highest BCUT2D eigenvalue weighted by molar-refractivity contribution is 5.87. The molecule has 3 nitrogen and oxygen atoms in total. The van der Waals surface area contributed by atoms with Crippen LogP contribution in [0.1, 0.15) is 31.9 Å². The smallest absolute Gasteiger partial charge is 0.124 e. The van der Waals surface area contributed by atoms with Crippen molar-refractivity contribution in [2.24, 2.45) is 0 Å². The van der Waals surface area contributed by atoms with Gasteiger partial charge in [-0.15, -0.1) is 0 Å². The molecule has 1 fully saturated rings. The Balaban J connectivity index is 1.92. The molecule has 0 atom stereocenters. The summed E-state index contributed by atoms with van der Waals surface area (Å²) in [5.74, 6) is 0.379. The van der Waals surface area contributed by atoms with E-state index in [0.29, 0.717) is 11.8 Å². The number of hydrogen-bond acceptors (Lipinski definition) is 2. The SMILES string of the molecule is CCn1c(CNC2CCC2)cc2c(O)cccc21. The zero-order valence-corrected chi connectivity index (χ0v) is 10.8. The van der Waals surface area contributed by atoms with Crippen molar-refractivity contribution >= 4 is 10.9 Å². The molecule has 18 heavy (non-hydrogen) atoms. The molecule has 1 aromatic carbocycles. The summed E-state index contributed by atoms with van der Waals surface area (Å²) in [6, 6.07) is 8.55. The molecule has 0 saturated heterocycles. The molecule has 0 amide bonds. The van der Waals surface area contributed by atoms with Gasteiger partial charge in [0.05, 0.1) is 5.52 Å². The number of phenols is 1. The largest absolute Gasteiger partial charge is 0.507 e. The van der Waals surface area contributed by atoms with E-state index in [1.807, 2.05) is 6.07 Å². The minimum Gasteiger partial charge on any atom is -0.507 e. The molecule has 1 aromatic heterocycles. The summed E-state index contributed by atoms with van der Waals surface area (Å²) in [4.78, 5) is 0. The van der Waals surface area contributed by atoms with Crippen molar-refractivity contribution in [3.8, 4) is 5.75 Å². The van der Waals surface area contributed by atoms with Crippen LogP contribution in [0.15, 0.2) is 24.3 Å². The second-order valence-corrected chi connectivity index (χ2v) is 5.10. The molecule has 2 N–H and O–H groups in total. The summed E-state index contributed by atoms with van der Waals surface area (Å²) < 4.78 is 2.28. The number of rotatable bonds is 4. The minimum absolute atomic E-state index is 0.379. The van der Waals surface area contributed by atoms with E-state index in [2.05, 4.69) is 28.9 Å². The van der Waals surface area contributed by atoms with Gasteiger partial charge in [-0.05, 0) is 38.0 Å². The Morgan fingerprint density at radius 2 is 2.22 bits per heavy atom. The van der Waals surface area contributed by atoms with E-state index in [4.69, 9.17) is 0 Å². The molecule has 1 aliphatic rings. The molecular weight excluding hydrogens is 224 g/mol. The lowest BCUT2D eigenvalue weighted by Crippen LogP contribution is -2.35. The summed E-state index contributed by atoms with van der Waals surface area (Å²) in [7, 11) is 0. The maximum absolute atomic E-state index is 9.91. The van der Waals surface area contributed by atoms with Crippen molar-refractivity contribution in [1.29, 1.82) is 0 Å². The fraction of sp³-hybridized carbons (Fsp3) is 0.467. The van der Waals surface area contributed by atoms with Crippen molar-refractivity contribution in [3.63, 3.8) is 0 Å². The van der Waals surface area contributed by atoms with E-state index < -0.39 is 0 Å². The Kier molecular flexibility index (Phi) is 3.00. The van der Waals surface area contributed by atoms with Crippen LogP contribution >= 0.6 is 0 Å². The molecular formula is C15H20N2O. The van der Waals surface area contributed by atoms with E-state index in [0.717, 1.165) is 24.0 Å². The highest BCUT2D eigenvalue weighted by Crippen LogP contribution is 2.28. The van der Waals surface area contributed by atoms with Crippen LogP contribution in [0.3, 0.4) is 0 Å². The van der Waals surface area contributed by atoms with Gasteiger partial charge in [0.1, 0.15) is 5.75 Å². The number of nitrogens with one attached hydrogen (secondary N) is 1. The van der Waals surface area contributed by atoms with E-state index in [9.17, 15) is 5.11 Å². The molecule has 3 heteroatoms. The quantitative estimate of drug-likeness (QED) is 0.867. The maximum atomic E-state index is 9.91. The van der Waals surface area contributed by atoms with Crippen molar-refractivity contribution in [1.82, 2.24) is 9.88 Å². The van der Waals surface area contributed by atoms with Crippen molar-refractivity contribution in [2.75, 3.05) is 0 Å². The van der Waals surface area contributed by atoms with Gasteiger partial charge >= 0.3 is 0 Å². The van der Waals surface area contributed by atoms with Gasteiger partial charge in [0.2, 0.25) is 0 Å². The molecule has 0 aliphatic heterocycles. The van der Waals surface area contributed by atoms with Crippen LogP contribution in [0, 0.1) is 0 Å². The lowest BCUT2D eigenvalue weighted by atomic mass is 9.93. The predicted octanol–water partition coefficient (Wildman–Crippen LogP) is 3.01. The lowest BCUT2D eigenvalue weighted by molar-refractivity contribution is 0.335. The Hall–Kier alpha value is -1.48. The third-order valence-electron chi connectivity index (χ3n) is 4.00. The van der Waals surface area contributed by atoms with E-state index in [-0.39, 0.29) is 0 Å². The summed E-state index contributed by atoms with van der Waals surface area (Å²) in [6.07, 6.45) is 3.96. The average molecular weight is 244 g/mol. The first-order chi connectivity index (χ1) is 8.79. The molecule has 1 aliphatic carbocycles. The summed E-state index contributed by atoms with van der Waals surface area (Å²) >= 11 is 0. The number of fused-ring (bicyclic) bond motifs is 1. The first-order valence-corrected chi connectivity index (χ1v) is 6.83. The van der Waals surface area contributed by atoms with Crippen LogP contribution in [0.2, 0.25) is 0 Å². The van der Waals surface area contributed by atoms with Gasteiger partial charge in [-0.1, -0.05) is 12.5 Å². The van der Waals surface area contributed by atoms with Gasteiger partial charge in [0, 0.05) is 30.2 Å². The lowest BCUT2D eigenvalue weighted by Gasteiger charge is -2.26. The number of hydrogen-bond donors (Lipinski definition) is 2. The molecule has 0 bridgehead atoms. The molecule has 96 valence electrons. The Morgan fingerprint density at radius 3 is 2.89 bits per heavy atom. The standard InChI is InChI=1S/C15H20N2O/c1-2-17-12(10-16-11-5-3-6-11)9-13-14(17)7-4-8-15(13)18/h4,7-9,11,16,18H,2-3,5-6,10H2,1H3. The van der Waals surface area contributed by atoms with Crippen LogP contribution < -0.4 is 5.32 Å². The summed E-state index contributed by atoms with van der Waals surface area (Å²) in [5.41, 5.74) is 2.39. The molecule has 0 radical (unpaired) electrons. The third kappa shape index (κ3) is 1.89.